The predicted molar refractivity (Wildman–Crippen MR) is 121 cm³/mol. The Hall–Kier alpha value is -2.23. The number of rotatable bonds is 5. The Balaban J connectivity index is 1.52. The van der Waals surface area contributed by atoms with Crippen molar-refractivity contribution in [2.45, 2.75) is 43.9 Å². The number of amides is 2. The number of carbonyl (C=O) groups is 2. The van der Waals surface area contributed by atoms with Crippen LogP contribution in [-0.2, 0) is 22.9 Å². The van der Waals surface area contributed by atoms with Crippen LogP contribution in [-0.4, -0.2) is 44.7 Å². The van der Waals surface area contributed by atoms with Gasteiger partial charge in [0.1, 0.15) is 5.00 Å². The molecule has 7 nitrogen and oxygen atoms in total. The van der Waals surface area contributed by atoms with Crippen molar-refractivity contribution in [3.05, 3.63) is 45.8 Å². The van der Waals surface area contributed by atoms with Crippen molar-refractivity contribution in [2.24, 2.45) is 5.92 Å². The summed E-state index contributed by atoms with van der Waals surface area (Å²) >= 11 is 1.45. The summed E-state index contributed by atoms with van der Waals surface area (Å²) in [5.41, 5.74) is 1.92. The zero-order valence-electron chi connectivity index (χ0n) is 17.7. The third kappa shape index (κ3) is 4.26. The highest BCUT2D eigenvalue weighted by molar-refractivity contribution is 7.89. The van der Waals surface area contributed by atoms with E-state index in [0.29, 0.717) is 35.1 Å². The molecule has 2 heterocycles. The summed E-state index contributed by atoms with van der Waals surface area (Å²) in [6.45, 7) is 3.18. The van der Waals surface area contributed by atoms with Crippen molar-refractivity contribution < 1.29 is 18.0 Å². The van der Waals surface area contributed by atoms with Gasteiger partial charge >= 0.3 is 0 Å². The normalized spacial score (nSPS) is 17.4. The fourth-order valence-electron chi connectivity index (χ4n) is 4.19. The van der Waals surface area contributed by atoms with Gasteiger partial charge in [-0.3, -0.25) is 9.59 Å². The molecule has 0 spiro atoms. The zero-order chi connectivity index (χ0) is 22.2. The van der Waals surface area contributed by atoms with Gasteiger partial charge in [0.2, 0.25) is 10.0 Å². The van der Waals surface area contributed by atoms with Crippen LogP contribution in [0, 0.1) is 5.92 Å². The van der Waals surface area contributed by atoms with Gasteiger partial charge < -0.3 is 10.6 Å². The summed E-state index contributed by atoms with van der Waals surface area (Å²) < 4.78 is 27.3. The number of nitrogens with one attached hydrogen (secondary N) is 2. The number of fused-ring (bicyclic) bond motifs is 1. The second-order valence-electron chi connectivity index (χ2n) is 8.21. The molecule has 2 N–H and O–H groups in total. The van der Waals surface area contributed by atoms with E-state index in [-0.39, 0.29) is 16.7 Å². The molecule has 1 aliphatic carbocycles. The van der Waals surface area contributed by atoms with Crippen molar-refractivity contribution in [2.75, 3.05) is 25.5 Å². The summed E-state index contributed by atoms with van der Waals surface area (Å²) in [4.78, 5) is 26.5. The van der Waals surface area contributed by atoms with Crippen molar-refractivity contribution in [1.82, 2.24) is 9.62 Å². The maximum Gasteiger partial charge on any atom is 0.256 e. The minimum atomic E-state index is -3.56. The first kappa shape index (κ1) is 22.0. The van der Waals surface area contributed by atoms with Gasteiger partial charge in [-0.15, -0.1) is 11.3 Å². The molecule has 0 atom stereocenters. The van der Waals surface area contributed by atoms with E-state index in [0.717, 1.165) is 42.5 Å². The highest BCUT2D eigenvalue weighted by atomic mass is 32.2. The van der Waals surface area contributed by atoms with Crippen LogP contribution in [0.4, 0.5) is 5.00 Å². The van der Waals surface area contributed by atoms with Gasteiger partial charge in [-0.1, -0.05) is 6.92 Å². The standard InChI is InChI=1S/C22H27N3O4S2/c1-14-10-12-25(13-11-14)31(28,29)16-8-6-15(7-9-16)20(26)24-22-19(21(27)23-2)17-4-3-5-18(17)30-22/h6-9,14H,3-5,10-13H2,1-2H3,(H,23,27)(H,24,26). The lowest BCUT2D eigenvalue weighted by atomic mass is 10.0. The minimum absolute atomic E-state index is 0.194. The van der Waals surface area contributed by atoms with E-state index in [1.165, 1.54) is 39.9 Å². The maximum atomic E-state index is 12.9. The second-order valence-corrected chi connectivity index (χ2v) is 11.2. The SMILES string of the molecule is CNC(=O)c1c(NC(=O)c2ccc(S(=O)(=O)N3CCC(C)CC3)cc2)sc2c1CCC2. The highest BCUT2D eigenvalue weighted by Gasteiger charge is 2.29. The number of benzene rings is 1. The Morgan fingerprint density at radius 1 is 1.06 bits per heavy atom. The molecule has 2 aliphatic rings. The number of aryl methyl sites for hydroxylation is 1. The molecular formula is C22H27N3O4S2. The molecule has 1 saturated heterocycles. The first-order valence-corrected chi connectivity index (χ1v) is 12.8. The van der Waals surface area contributed by atoms with Gasteiger partial charge in [0.25, 0.3) is 11.8 Å². The largest absolute Gasteiger partial charge is 0.355 e. The van der Waals surface area contributed by atoms with Gasteiger partial charge in [-0.05, 0) is 67.9 Å². The number of hydrogen-bond donors (Lipinski definition) is 2. The Morgan fingerprint density at radius 3 is 2.39 bits per heavy atom. The van der Waals surface area contributed by atoms with Crippen LogP contribution < -0.4 is 10.6 Å². The van der Waals surface area contributed by atoms with Crippen LogP contribution in [0.5, 0.6) is 0 Å². The molecule has 0 bridgehead atoms. The lowest BCUT2D eigenvalue weighted by Crippen LogP contribution is -2.37. The molecule has 4 rings (SSSR count). The molecule has 0 saturated carbocycles. The van der Waals surface area contributed by atoms with Crippen LogP contribution in [0.3, 0.4) is 0 Å². The smallest absolute Gasteiger partial charge is 0.256 e. The van der Waals surface area contributed by atoms with Gasteiger partial charge in [0.05, 0.1) is 10.5 Å². The van der Waals surface area contributed by atoms with Crippen LogP contribution in [0.25, 0.3) is 0 Å². The van der Waals surface area contributed by atoms with Gasteiger partial charge in [-0.2, -0.15) is 4.31 Å². The topological polar surface area (TPSA) is 95.6 Å². The Bertz CT molecular complexity index is 1100. The average molecular weight is 462 g/mol. The van der Waals surface area contributed by atoms with Crippen molar-refractivity contribution in [1.29, 1.82) is 0 Å². The van der Waals surface area contributed by atoms with Crippen LogP contribution in [0.2, 0.25) is 0 Å². The molecule has 0 radical (unpaired) electrons. The molecule has 31 heavy (non-hydrogen) atoms. The summed E-state index contributed by atoms with van der Waals surface area (Å²) in [5, 5.41) is 6.06. The molecule has 1 aromatic carbocycles. The predicted octanol–water partition coefficient (Wildman–Crippen LogP) is 3.27. The quantitative estimate of drug-likeness (QED) is 0.714. The van der Waals surface area contributed by atoms with Crippen LogP contribution >= 0.6 is 11.3 Å². The number of nitrogens with zero attached hydrogens (tertiary/aromatic N) is 1. The zero-order valence-corrected chi connectivity index (χ0v) is 19.4. The van der Waals surface area contributed by atoms with E-state index < -0.39 is 10.0 Å². The van der Waals surface area contributed by atoms with Crippen molar-refractivity contribution in [3.8, 4) is 0 Å². The number of thiophene rings is 1. The molecule has 1 aromatic heterocycles. The molecule has 166 valence electrons. The minimum Gasteiger partial charge on any atom is -0.355 e. The van der Waals surface area contributed by atoms with Gasteiger partial charge in [-0.25, -0.2) is 8.42 Å². The number of hydrogen-bond acceptors (Lipinski definition) is 5. The van der Waals surface area contributed by atoms with E-state index in [2.05, 4.69) is 17.6 Å². The summed E-state index contributed by atoms with van der Waals surface area (Å²) in [6.07, 6.45) is 4.50. The monoisotopic (exact) mass is 461 g/mol. The molecule has 1 fully saturated rings. The maximum absolute atomic E-state index is 12.9. The molecular weight excluding hydrogens is 434 g/mol. The van der Waals surface area contributed by atoms with Crippen LogP contribution in [0.15, 0.2) is 29.2 Å². The van der Waals surface area contributed by atoms with E-state index in [1.807, 2.05) is 0 Å². The molecule has 2 amide bonds. The third-order valence-corrected chi connectivity index (χ3v) is 9.22. The first-order chi connectivity index (χ1) is 14.8. The second kappa shape index (κ2) is 8.72. The Labute approximate surface area is 186 Å². The fourth-order valence-corrected chi connectivity index (χ4v) is 6.94. The lowest BCUT2D eigenvalue weighted by Gasteiger charge is -2.29. The van der Waals surface area contributed by atoms with E-state index in [4.69, 9.17) is 0 Å². The van der Waals surface area contributed by atoms with Gasteiger partial charge in [0, 0.05) is 30.6 Å². The first-order valence-electron chi connectivity index (χ1n) is 10.6. The van der Waals surface area contributed by atoms with E-state index >= 15 is 0 Å². The number of anilines is 1. The van der Waals surface area contributed by atoms with E-state index in [1.54, 1.807) is 7.05 Å². The third-order valence-electron chi connectivity index (χ3n) is 6.10. The fraction of sp³-hybridized carbons (Fsp3) is 0.455. The summed E-state index contributed by atoms with van der Waals surface area (Å²) in [5.74, 6) is -0.0244. The number of sulfonamides is 1. The highest BCUT2D eigenvalue weighted by Crippen LogP contribution is 2.39. The lowest BCUT2D eigenvalue weighted by molar-refractivity contribution is 0.0963. The summed E-state index contributed by atoms with van der Waals surface area (Å²) in [6, 6.07) is 6.01. The average Bonchev–Trinajstić information content (AvgIpc) is 3.34. The van der Waals surface area contributed by atoms with Crippen molar-refractivity contribution >= 4 is 38.2 Å². The Kier molecular flexibility index (Phi) is 6.18. The number of carbonyl (C=O) groups excluding carboxylic acids is 2. The summed E-state index contributed by atoms with van der Waals surface area (Å²) in [7, 11) is -1.98. The number of piperidine rings is 1. The molecule has 2 aromatic rings. The molecule has 9 heteroatoms. The van der Waals surface area contributed by atoms with Crippen LogP contribution in [0.1, 0.15) is 57.3 Å². The van der Waals surface area contributed by atoms with Gasteiger partial charge in [0.15, 0.2) is 0 Å². The van der Waals surface area contributed by atoms with E-state index in [9.17, 15) is 18.0 Å². The molecule has 1 aliphatic heterocycles. The molecule has 0 unspecified atom stereocenters. The Morgan fingerprint density at radius 2 is 1.74 bits per heavy atom. The van der Waals surface area contributed by atoms with Crippen molar-refractivity contribution in [3.63, 3.8) is 0 Å².